The molecule has 7 nitrogen and oxygen atoms in total. The van der Waals surface area contributed by atoms with Crippen LogP contribution >= 0.6 is 0 Å². The van der Waals surface area contributed by atoms with Crippen molar-refractivity contribution in [2.24, 2.45) is 11.7 Å². The predicted molar refractivity (Wildman–Crippen MR) is 110 cm³/mol. The summed E-state index contributed by atoms with van der Waals surface area (Å²) in [5.41, 5.74) is 6.12. The Kier molecular flexibility index (Phi) is 7.16. The van der Waals surface area contributed by atoms with Gasteiger partial charge in [0.2, 0.25) is 5.91 Å². The first-order valence-corrected chi connectivity index (χ1v) is 10.6. The summed E-state index contributed by atoms with van der Waals surface area (Å²) in [5.74, 6) is -1.92. The molecule has 3 N–H and O–H groups in total. The van der Waals surface area contributed by atoms with Crippen molar-refractivity contribution in [3.63, 3.8) is 0 Å². The number of ether oxygens (including phenoxy) is 1. The summed E-state index contributed by atoms with van der Waals surface area (Å²) in [6.07, 6.45) is 0.330. The highest BCUT2D eigenvalue weighted by Crippen LogP contribution is 2.16. The van der Waals surface area contributed by atoms with Gasteiger partial charge in [-0.15, -0.1) is 0 Å². The van der Waals surface area contributed by atoms with Gasteiger partial charge in [0.25, 0.3) is 10.0 Å². The summed E-state index contributed by atoms with van der Waals surface area (Å²) >= 11 is 0. The first-order valence-electron chi connectivity index (χ1n) is 9.16. The van der Waals surface area contributed by atoms with Crippen molar-refractivity contribution in [1.82, 2.24) is 4.72 Å². The summed E-state index contributed by atoms with van der Waals surface area (Å²) in [6.45, 7) is 5.22. The number of esters is 1. The van der Waals surface area contributed by atoms with E-state index in [4.69, 9.17) is 10.5 Å². The van der Waals surface area contributed by atoms with Crippen molar-refractivity contribution in [2.75, 3.05) is 6.54 Å². The van der Waals surface area contributed by atoms with Crippen molar-refractivity contribution >= 4 is 21.9 Å². The first-order chi connectivity index (χ1) is 13.5. The number of nitrogens with one attached hydrogen (secondary N) is 1. The van der Waals surface area contributed by atoms with Gasteiger partial charge in [-0.3, -0.25) is 4.79 Å². The number of amides is 1. The molecule has 0 spiro atoms. The summed E-state index contributed by atoms with van der Waals surface area (Å²) in [7, 11) is -4.09. The number of benzene rings is 2. The van der Waals surface area contributed by atoms with Gasteiger partial charge < -0.3 is 10.5 Å². The molecule has 0 fully saturated rings. The zero-order chi connectivity index (χ0) is 21.7. The van der Waals surface area contributed by atoms with E-state index in [0.29, 0.717) is 6.42 Å². The van der Waals surface area contributed by atoms with Crippen LogP contribution < -0.4 is 10.5 Å². The minimum Gasteiger partial charge on any atom is -0.456 e. The molecule has 156 valence electrons. The van der Waals surface area contributed by atoms with Crippen LogP contribution in [-0.2, 0) is 26.0 Å². The SMILES string of the molecule is CC(C)(C)OC(=O)c1ccc(S(=O)(=O)NC(=O)C(CN)Cc2ccccc2)cc1. The van der Waals surface area contributed by atoms with Gasteiger partial charge >= 0.3 is 5.97 Å². The molecule has 2 aromatic rings. The number of rotatable bonds is 7. The molecule has 2 rings (SSSR count). The molecular weight excluding hydrogens is 392 g/mol. The topological polar surface area (TPSA) is 116 Å². The Labute approximate surface area is 171 Å². The van der Waals surface area contributed by atoms with Crippen molar-refractivity contribution in [3.05, 3.63) is 65.7 Å². The number of carbonyl (C=O) groups excluding carboxylic acids is 2. The standard InChI is InChI=1S/C21H26N2O5S/c1-21(2,3)28-20(25)16-9-11-18(12-10-16)29(26,27)23-19(24)17(14-22)13-15-7-5-4-6-8-15/h4-12,17H,13-14,22H2,1-3H3,(H,23,24). The summed E-state index contributed by atoms with van der Waals surface area (Å²) in [5, 5.41) is 0. The van der Waals surface area contributed by atoms with Crippen LogP contribution in [0.25, 0.3) is 0 Å². The third-order valence-electron chi connectivity index (χ3n) is 4.01. The number of hydrogen-bond acceptors (Lipinski definition) is 6. The Morgan fingerprint density at radius 2 is 1.62 bits per heavy atom. The molecule has 1 amide bonds. The van der Waals surface area contributed by atoms with Crippen molar-refractivity contribution in [1.29, 1.82) is 0 Å². The molecule has 8 heteroatoms. The predicted octanol–water partition coefficient (Wildman–Crippen LogP) is 2.26. The normalized spacial score (nSPS) is 12.8. The van der Waals surface area contributed by atoms with Gasteiger partial charge in [0.05, 0.1) is 16.4 Å². The van der Waals surface area contributed by atoms with Gasteiger partial charge in [0, 0.05) is 6.54 Å². The zero-order valence-corrected chi connectivity index (χ0v) is 17.5. The number of hydrogen-bond donors (Lipinski definition) is 2. The average molecular weight is 419 g/mol. The zero-order valence-electron chi connectivity index (χ0n) is 16.7. The monoisotopic (exact) mass is 418 g/mol. The van der Waals surface area contributed by atoms with Crippen LogP contribution in [0, 0.1) is 5.92 Å². The third-order valence-corrected chi connectivity index (χ3v) is 5.38. The van der Waals surface area contributed by atoms with Gasteiger partial charge in [0.15, 0.2) is 0 Å². The highest BCUT2D eigenvalue weighted by molar-refractivity contribution is 7.90. The van der Waals surface area contributed by atoms with Gasteiger partial charge in [0.1, 0.15) is 5.60 Å². The molecule has 0 heterocycles. The van der Waals surface area contributed by atoms with Gasteiger partial charge in [-0.25, -0.2) is 17.9 Å². The van der Waals surface area contributed by atoms with Gasteiger partial charge in [-0.1, -0.05) is 30.3 Å². The van der Waals surface area contributed by atoms with Crippen LogP contribution in [-0.4, -0.2) is 32.4 Å². The largest absolute Gasteiger partial charge is 0.456 e. The van der Waals surface area contributed by atoms with Gasteiger partial charge in [-0.2, -0.15) is 0 Å². The fourth-order valence-corrected chi connectivity index (χ4v) is 3.61. The molecule has 29 heavy (non-hydrogen) atoms. The lowest BCUT2D eigenvalue weighted by molar-refractivity contribution is -0.122. The highest BCUT2D eigenvalue weighted by Gasteiger charge is 2.25. The van der Waals surface area contributed by atoms with Crippen molar-refractivity contribution in [3.8, 4) is 0 Å². The van der Waals surface area contributed by atoms with Crippen LogP contribution in [0.5, 0.6) is 0 Å². The van der Waals surface area contributed by atoms with Crippen molar-refractivity contribution < 1.29 is 22.7 Å². The van der Waals surface area contributed by atoms with Crippen LogP contribution in [0.3, 0.4) is 0 Å². The van der Waals surface area contributed by atoms with E-state index in [1.165, 1.54) is 24.3 Å². The van der Waals surface area contributed by atoms with E-state index in [1.807, 2.05) is 30.3 Å². The first kappa shape index (κ1) is 22.6. The Hall–Kier alpha value is -2.71. The third kappa shape index (κ3) is 6.69. The molecule has 1 atom stereocenters. The van der Waals surface area contributed by atoms with Crippen LogP contribution in [0.15, 0.2) is 59.5 Å². The molecule has 1 unspecified atom stereocenters. The molecular formula is C21H26N2O5S. The Bertz CT molecular complexity index is 949. The van der Waals surface area contributed by atoms with E-state index in [1.54, 1.807) is 20.8 Å². The molecule has 0 radical (unpaired) electrons. The maximum Gasteiger partial charge on any atom is 0.338 e. The Morgan fingerprint density at radius 1 is 1.03 bits per heavy atom. The summed E-state index contributed by atoms with van der Waals surface area (Å²) in [4.78, 5) is 24.4. The maximum absolute atomic E-state index is 12.5. The van der Waals surface area contributed by atoms with E-state index >= 15 is 0 Å². The fourth-order valence-electron chi connectivity index (χ4n) is 2.56. The molecule has 0 aliphatic carbocycles. The van der Waals surface area contributed by atoms with E-state index in [-0.39, 0.29) is 17.0 Å². The van der Waals surface area contributed by atoms with Crippen molar-refractivity contribution in [2.45, 2.75) is 37.7 Å². The number of nitrogens with two attached hydrogens (primary N) is 1. The quantitative estimate of drug-likeness (QED) is 0.667. The molecule has 0 saturated carbocycles. The molecule has 2 aromatic carbocycles. The average Bonchev–Trinajstić information content (AvgIpc) is 2.65. The highest BCUT2D eigenvalue weighted by atomic mass is 32.2. The van der Waals surface area contributed by atoms with Crippen LogP contribution in [0.1, 0.15) is 36.7 Å². The smallest absolute Gasteiger partial charge is 0.338 e. The lowest BCUT2D eigenvalue weighted by Gasteiger charge is -2.19. The molecule has 0 saturated heterocycles. The Morgan fingerprint density at radius 3 is 2.14 bits per heavy atom. The molecule has 0 bridgehead atoms. The summed E-state index contributed by atoms with van der Waals surface area (Å²) < 4.78 is 32.4. The van der Waals surface area contributed by atoms with Crippen LogP contribution in [0.2, 0.25) is 0 Å². The molecule has 0 aromatic heterocycles. The van der Waals surface area contributed by atoms with Crippen LogP contribution in [0.4, 0.5) is 0 Å². The number of carbonyl (C=O) groups is 2. The van der Waals surface area contributed by atoms with E-state index in [9.17, 15) is 18.0 Å². The van der Waals surface area contributed by atoms with Gasteiger partial charge in [-0.05, 0) is 57.0 Å². The number of sulfonamides is 1. The fraction of sp³-hybridized carbons (Fsp3) is 0.333. The lowest BCUT2D eigenvalue weighted by Crippen LogP contribution is -2.39. The van der Waals surface area contributed by atoms with E-state index in [0.717, 1.165) is 5.56 Å². The summed E-state index contributed by atoms with van der Waals surface area (Å²) in [6, 6.07) is 14.4. The molecule has 0 aliphatic heterocycles. The second-order valence-corrected chi connectivity index (χ2v) is 9.30. The minimum absolute atomic E-state index is 0.00777. The second kappa shape index (κ2) is 9.19. The second-order valence-electron chi connectivity index (χ2n) is 7.62. The lowest BCUT2D eigenvalue weighted by atomic mass is 9.99. The van der Waals surface area contributed by atoms with E-state index in [2.05, 4.69) is 4.72 Å². The maximum atomic E-state index is 12.5. The molecule has 0 aliphatic rings. The van der Waals surface area contributed by atoms with E-state index < -0.39 is 33.4 Å². The Balaban J connectivity index is 2.09. The minimum atomic E-state index is -4.09.